The molecule has 90 valence electrons. The van der Waals surface area contributed by atoms with Gasteiger partial charge in [0.15, 0.2) is 0 Å². The van der Waals surface area contributed by atoms with Crippen LogP contribution < -0.4 is 10.6 Å². The van der Waals surface area contributed by atoms with Gasteiger partial charge in [-0.05, 0) is 25.5 Å². The molecular weight excluding hydrogens is 282 g/mol. The number of aromatic amines is 1. The lowest BCUT2D eigenvalue weighted by molar-refractivity contribution is 0.642. The molecule has 0 radical (unpaired) electrons. The molecule has 0 aliphatic carbocycles. The highest BCUT2D eigenvalue weighted by Gasteiger charge is 2.19. The van der Waals surface area contributed by atoms with Crippen molar-refractivity contribution in [3.63, 3.8) is 0 Å². The van der Waals surface area contributed by atoms with Crippen molar-refractivity contribution in [3.05, 3.63) is 27.1 Å². The number of nitrogens with zero attached hydrogens (tertiary/aromatic N) is 2. The number of nitrogens with one attached hydrogen (secondary N) is 1. The molecule has 0 amide bonds. The van der Waals surface area contributed by atoms with Gasteiger partial charge in [-0.25, -0.2) is 4.79 Å². The van der Waals surface area contributed by atoms with E-state index in [1.165, 1.54) is 0 Å². The predicted octanol–water partition coefficient (Wildman–Crippen LogP) is 2.32. The minimum Gasteiger partial charge on any atom is -0.370 e. The standard InChI is InChI=1S/C12H14BrN3O/c1-2-15-4-3-5-16-11-9(14-12(16)17)6-8(13)7-10(11)15/h6-7H,2-5H2,1H3,(H,14,17). The highest BCUT2D eigenvalue weighted by atomic mass is 79.9. The Bertz CT molecular complexity index is 628. The first-order valence-electron chi connectivity index (χ1n) is 5.87. The highest BCUT2D eigenvalue weighted by Crippen LogP contribution is 2.31. The Morgan fingerprint density at radius 1 is 1.41 bits per heavy atom. The Morgan fingerprint density at radius 2 is 2.24 bits per heavy atom. The Kier molecular flexibility index (Phi) is 2.50. The second-order valence-corrected chi connectivity index (χ2v) is 5.25. The Balaban J connectivity index is 2.41. The van der Waals surface area contributed by atoms with E-state index in [9.17, 15) is 4.79 Å². The Hall–Kier alpha value is -1.23. The van der Waals surface area contributed by atoms with E-state index in [-0.39, 0.29) is 5.69 Å². The van der Waals surface area contributed by atoms with Crippen LogP contribution in [0.5, 0.6) is 0 Å². The summed E-state index contributed by atoms with van der Waals surface area (Å²) in [6.07, 6.45) is 1.01. The van der Waals surface area contributed by atoms with E-state index in [0.717, 1.165) is 47.2 Å². The molecule has 1 aliphatic rings. The van der Waals surface area contributed by atoms with Gasteiger partial charge >= 0.3 is 5.69 Å². The van der Waals surface area contributed by atoms with Gasteiger partial charge in [-0.1, -0.05) is 15.9 Å². The normalized spacial score (nSPS) is 15.3. The molecule has 4 nitrogen and oxygen atoms in total. The number of hydrogen-bond acceptors (Lipinski definition) is 2. The first kappa shape index (κ1) is 10.9. The average molecular weight is 296 g/mol. The second kappa shape index (κ2) is 3.91. The van der Waals surface area contributed by atoms with Crippen molar-refractivity contribution in [1.29, 1.82) is 0 Å². The number of aromatic nitrogens is 2. The third-order valence-corrected chi connectivity index (χ3v) is 3.80. The van der Waals surface area contributed by atoms with Gasteiger partial charge in [0.25, 0.3) is 0 Å². The maximum atomic E-state index is 11.9. The lowest BCUT2D eigenvalue weighted by Gasteiger charge is -2.21. The zero-order chi connectivity index (χ0) is 12.0. The summed E-state index contributed by atoms with van der Waals surface area (Å²) in [6, 6.07) is 4.07. The number of aryl methyl sites for hydroxylation is 1. The van der Waals surface area contributed by atoms with Gasteiger partial charge in [0, 0.05) is 24.1 Å². The van der Waals surface area contributed by atoms with Crippen LogP contribution in [0, 0.1) is 0 Å². The van der Waals surface area contributed by atoms with E-state index >= 15 is 0 Å². The molecule has 0 atom stereocenters. The summed E-state index contributed by atoms with van der Waals surface area (Å²) >= 11 is 3.51. The molecule has 0 unspecified atom stereocenters. The van der Waals surface area contributed by atoms with Crippen LogP contribution in [0.25, 0.3) is 11.0 Å². The Morgan fingerprint density at radius 3 is 3.00 bits per heavy atom. The van der Waals surface area contributed by atoms with Crippen LogP contribution in [0.15, 0.2) is 21.4 Å². The minimum absolute atomic E-state index is 0.00250. The molecule has 1 aliphatic heterocycles. The molecule has 1 aromatic carbocycles. The van der Waals surface area contributed by atoms with Crippen LogP contribution in [0.3, 0.4) is 0 Å². The molecule has 1 N–H and O–H groups in total. The van der Waals surface area contributed by atoms with Crippen molar-refractivity contribution >= 4 is 32.7 Å². The van der Waals surface area contributed by atoms with Crippen molar-refractivity contribution in [2.45, 2.75) is 19.9 Å². The quantitative estimate of drug-likeness (QED) is 0.877. The van der Waals surface area contributed by atoms with E-state index in [4.69, 9.17) is 0 Å². The van der Waals surface area contributed by atoms with Gasteiger partial charge in [-0.2, -0.15) is 0 Å². The van der Waals surface area contributed by atoms with Crippen molar-refractivity contribution in [1.82, 2.24) is 9.55 Å². The molecule has 1 aromatic heterocycles. The second-order valence-electron chi connectivity index (χ2n) is 4.34. The minimum atomic E-state index is -0.00250. The van der Waals surface area contributed by atoms with Crippen LogP contribution in [0.2, 0.25) is 0 Å². The molecule has 0 spiro atoms. The van der Waals surface area contributed by atoms with Crippen molar-refractivity contribution in [2.24, 2.45) is 0 Å². The SMILES string of the molecule is CCN1CCCn2c(=O)[nH]c3cc(Br)cc1c32. The largest absolute Gasteiger partial charge is 0.370 e. The maximum Gasteiger partial charge on any atom is 0.326 e. The summed E-state index contributed by atoms with van der Waals surface area (Å²) in [5, 5.41) is 0. The zero-order valence-corrected chi connectivity index (χ0v) is 11.2. The molecule has 0 bridgehead atoms. The fourth-order valence-corrected chi connectivity index (χ4v) is 3.02. The van der Waals surface area contributed by atoms with Crippen LogP contribution in [-0.4, -0.2) is 22.6 Å². The number of anilines is 1. The molecule has 2 aromatic rings. The topological polar surface area (TPSA) is 41.0 Å². The van der Waals surface area contributed by atoms with E-state index in [2.05, 4.69) is 38.8 Å². The van der Waals surface area contributed by atoms with Crippen molar-refractivity contribution < 1.29 is 0 Å². The summed E-state index contributed by atoms with van der Waals surface area (Å²) in [5.74, 6) is 0. The molecule has 0 fully saturated rings. The molecule has 2 heterocycles. The lowest BCUT2D eigenvalue weighted by Crippen LogP contribution is -2.23. The van der Waals surface area contributed by atoms with Crippen LogP contribution >= 0.6 is 15.9 Å². The van der Waals surface area contributed by atoms with Crippen LogP contribution in [0.1, 0.15) is 13.3 Å². The van der Waals surface area contributed by atoms with E-state index in [0.29, 0.717) is 0 Å². The molecular formula is C12H14BrN3O. The summed E-state index contributed by atoms with van der Waals surface area (Å²) < 4.78 is 2.86. The monoisotopic (exact) mass is 295 g/mol. The third kappa shape index (κ3) is 1.60. The molecule has 0 saturated heterocycles. The number of H-pyrrole nitrogens is 1. The maximum absolute atomic E-state index is 11.9. The fourth-order valence-electron chi connectivity index (χ4n) is 2.57. The van der Waals surface area contributed by atoms with Gasteiger partial charge in [0.2, 0.25) is 0 Å². The van der Waals surface area contributed by atoms with Gasteiger partial charge in [0.05, 0.1) is 16.7 Å². The summed E-state index contributed by atoms with van der Waals surface area (Å²) in [5.41, 5.74) is 3.10. The first-order valence-corrected chi connectivity index (χ1v) is 6.67. The van der Waals surface area contributed by atoms with Crippen molar-refractivity contribution in [3.8, 4) is 0 Å². The highest BCUT2D eigenvalue weighted by molar-refractivity contribution is 9.10. The van der Waals surface area contributed by atoms with E-state index in [1.807, 2.05) is 10.6 Å². The number of hydrogen-bond donors (Lipinski definition) is 1. The zero-order valence-electron chi connectivity index (χ0n) is 9.66. The van der Waals surface area contributed by atoms with Gasteiger partial charge in [-0.15, -0.1) is 0 Å². The number of halogens is 1. The summed E-state index contributed by atoms with van der Waals surface area (Å²) in [7, 11) is 0. The molecule has 17 heavy (non-hydrogen) atoms. The average Bonchev–Trinajstić information content (AvgIpc) is 2.49. The third-order valence-electron chi connectivity index (χ3n) is 3.34. The number of benzene rings is 1. The lowest BCUT2D eigenvalue weighted by atomic mass is 10.2. The summed E-state index contributed by atoms with van der Waals surface area (Å²) in [4.78, 5) is 17.1. The molecule has 5 heteroatoms. The van der Waals surface area contributed by atoms with E-state index in [1.54, 1.807) is 0 Å². The fraction of sp³-hybridized carbons (Fsp3) is 0.417. The van der Waals surface area contributed by atoms with Crippen LogP contribution in [0.4, 0.5) is 5.69 Å². The number of rotatable bonds is 1. The van der Waals surface area contributed by atoms with Crippen molar-refractivity contribution in [2.75, 3.05) is 18.0 Å². The van der Waals surface area contributed by atoms with Gasteiger partial charge in [0.1, 0.15) is 0 Å². The van der Waals surface area contributed by atoms with E-state index < -0.39 is 0 Å². The smallest absolute Gasteiger partial charge is 0.326 e. The number of imidazole rings is 1. The summed E-state index contributed by atoms with van der Waals surface area (Å²) in [6.45, 7) is 4.91. The molecule has 0 saturated carbocycles. The predicted molar refractivity (Wildman–Crippen MR) is 72.8 cm³/mol. The molecule has 3 rings (SSSR count). The first-order chi connectivity index (χ1) is 8.20. The van der Waals surface area contributed by atoms with Crippen LogP contribution in [-0.2, 0) is 6.54 Å². The van der Waals surface area contributed by atoms with Gasteiger partial charge < -0.3 is 9.88 Å². The Labute approximate surface area is 107 Å². The van der Waals surface area contributed by atoms with Gasteiger partial charge in [-0.3, -0.25) is 4.57 Å².